The van der Waals surface area contributed by atoms with Crippen molar-refractivity contribution in [2.24, 2.45) is 5.10 Å². The van der Waals surface area contributed by atoms with Crippen molar-refractivity contribution in [2.75, 3.05) is 7.11 Å². The van der Waals surface area contributed by atoms with E-state index in [1.807, 2.05) is 79.2 Å². The minimum Gasteiger partial charge on any atom is -0.496 e. The Morgan fingerprint density at radius 3 is 2.67 bits per heavy atom. The molecule has 0 spiro atoms. The highest BCUT2D eigenvalue weighted by molar-refractivity contribution is 5.94. The minimum absolute atomic E-state index is 0.308. The molecule has 0 aliphatic rings. The smallest absolute Gasteiger partial charge is 0.289 e. The summed E-state index contributed by atoms with van der Waals surface area (Å²) in [5.74, 6) is 0.374. The molecule has 0 aliphatic heterocycles. The number of H-pyrrole nitrogens is 1. The summed E-state index contributed by atoms with van der Waals surface area (Å²) in [5, 5.41) is 15.7. The average molecular weight is 441 g/mol. The molecule has 2 aromatic carbocycles. The standard InChI is InChI=1S/C25H24N6O2/c1-17-24(18(2)31(30-17)20-12-5-4-6-13-20)21-16-22(28-27-21)25(32)29-26-15-9-11-19-10-7-8-14-23(19)33-3/h4-16H,1-3H3,(H,27,28)(H,29,32)/b11-9+,26-15+. The van der Waals surface area contributed by atoms with E-state index in [4.69, 9.17) is 4.74 Å². The van der Waals surface area contributed by atoms with Gasteiger partial charge in [0.05, 0.1) is 29.9 Å². The number of methoxy groups -OCH3 is 1. The Morgan fingerprint density at radius 1 is 1.12 bits per heavy atom. The van der Waals surface area contributed by atoms with Crippen LogP contribution in [-0.4, -0.2) is 39.2 Å². The van der Waals surface area contributed by atoms with Gasteiger partial charge >= 0.3 is 0 Å². The van der Waals surface area contributed by atoms with Gasteiger partial charge in [-0.25, -0.2) is 10.1 Å². The first kappa shape index (κ1) is 21.8. The number of carbonyl (C=O) groups is 1. The van der Waals surface area contributed by atoms with Gasteiger partial charge in [0.1, 0.15) is 11.4 Å². The number of allylic oxidation sites excluding steroid dienone is 1. The number of benzene rings is 2. The van der Waals surface area contributed by atoms with E-state index in [2.05, 4.69) is 25.8 Å². The van der Waals surface area contributed by atoms with E-state index in [0.29, 0.717) is 11.4 Å². The maximum Gasteiger partial charge on any atom is 0.289 e. The number of rotatable bonds is 7. The van der Waals surface area contributed by atoms with Crippen LogP contribution in [0.2, 0.25) is 0 Å². The highest BCUT2D eigenvalue weighted by Crippen LogP contribution is 2.27. The summed E-state index contributed by atoms with van der Waals surface area (Å²) in [6.07, 6.45) is 5.07. The van der Waals surface area contributed by atoms with Crippen molar-refractivity contribution < 1.29 is 9.53 Å². The summed E-state index contributed by atoms with van der Waals surface area (Å²) >= 11 is 0. The molecule has 166 valence electrons. The number of nitrogens with one attached hydrogen (secondary N) is 2. The van der Waals surface area contributed by atoms with Crippen molar-refractivity contribution >= 4 is 18.2 Å². The molecule has 0 unspecified atom stereocenters. The van der Waals surface area contributed by atoms with Crippen molar-refractivity contribution in [3.05, 3.63) is 89.4 Å². The predicted octanol–water partition coefficient (Wildman–Crippen LogP) is 4.32. The molecule has 0 fully saturated rings. The van der Waals surface area contributed by atoms with E-state index < -0.39 is 0 Å². The average Bonchev–Trinajstić information content (AvgIpc) is 3.43. The maximum absolute atomic E-state index is 12.5. The van der Waals surface area contributed by atoms with Gasteiger partial charge in [-0.3, -0.25) is 9.89 Å². The third kappa shape index (κ3) is 4.74. The fourth-order valence-corrected chi connectivity index (χ4v) is 3.55. The van der Waals surface area contributed by atoms with E-state index in [1.165, 1.54) is 6.21 Å². The fraction of sp³-hybridized carbons (Fsp3) is 0.120. The van der Waals surface area contributed by atoms with Gasteiger partial charge in [0, 0.05) is 17.3 Å². The summed E-state index contributed by atoms with van der Waals surface area (Å²) in [6, 6.07) is 19.2. The number of hydrogen-bond donors (Lipinski definition) is 2. The molecule has 33 heavy (non-hydrogen) atoms. The Kier molecular flexibility index (Phi) is 6.45. The van der Waals surface area contributed by atoms with Crippen LogP contribution >= 0.6 is 0 Å². The van der Waals surface area contributed by atoms with Gasteiger partial charge in [-0.2, -0.15) is 15.3 Å². The molecule has 0 saturated heterocycles. The summed E-state index contributed by atoms with van der Waals surface area (Å²) in [7, 11) is 1.62. The quantitative estimate of drug-likeness (QED) is 0.330. The highest BCUT2D eigenvalue weighted by Gasteiger charge is 2.18. The molecule has 1 amide bonds. The van der Waals surface area contributed by atoms with Gasteiger partial charge in [0.15, 0.2) is 0 Å². The van der Waals surface area contributed by atoms with E-state index in [0.717, 1.165) is 34.0 Å². The number of aryl methyl sites for hydroxylation is 1. The van der Waals surface area contributed by atoms with Gasteiger partial charge in [0.25, 0.3) is 5.91 Å². The van der Waals surface area contributed by atoms with Crippen LogP contribution in [0.15, 0.2) is 71.8 Å². The lowest BCUT2D eigenvalue weighted by Crippen LogP contribution is -2.17. The predicted molar refractivity (Wildman–Crippen MR) is 129 cm³/mol. The van der Waals surface area contributed by atoms with Crippen molar-refractivity contribution in [1.82, 2.24) is 25.4 Å². The summed E-state index contributed by atoms with van der Waals surface area (Å²) in [6.45, 7) is 3.91. The molecule has 2 heterocycles. The Labute approximate surface area is 191 Å². The summed E-state index contributed by atoms with van der Waals surface area (Å²) in [5.41, 5.74) is 7.99. The number of hydrogen-bond acceptors (Lipinski definition) is 5. The zero-order valence-corrected chi connectivity index (χ0v) is 18.6. The number of aromatic amines is 1. The number of amides is 1. The Bertz CT molecular complexity index is 1320. The third-order valence-electron chi connectivity index (χ3n) is 5.11. The largest absolute Gasteiger partial charge is 0.496 e. The molecule has 2 N–H and O–H groups in total. The van der Waals surface area contributed by atoms with Gasteiger partial charge < -0.3 is 4.74 Å². The van der Waals surface area contributed by atoms with E-state index in [-0.39, 0.29) is 5.91 Å². The molecule has 8 nitrogen and oxygen atoms in total. The van der Waals surface area contributed by atoms with Crippen LogP contribution < -0.4 is 10.2 Å². The molecule has 8 heteroatoms. The zero-order valence-electron chi connectivity index (χ0n) is 18.6. The van der Waals surface area contributed by atoms with E-state index >= 15 is 0 Å². The molecule has 4 rings (SSSR count). The number of carbonyl (C=O) groups excluding carboxylic acids is 1. The van der Waals surface area contributed by atoms with Gasteiger partial charge in [-0.1, -0.05) is 36.4 Å². The Balaban J connectivity index is 1.44. The maximum atomic E-state index is 12.5. The summed E-state index contributed by atoms with van der Waals surface area (Å²) in [4.78, 5) is 12.5. The molecular weight excluding hydrogens is 416 g/mol. The van der Waals surface area contributed by atoms with Crippen molar-refractivity contribution in [3.8, 4) is 22.7 Å². The zero-order chi connectivity index (χ0) is 23.2. The third-order valence-corrected chi connectivity index (χ3v) is 5.11. The molecule has 2 aromatic heterocycles. The van der Waals surface area contributed by atoms with Crippen LogP contribution in [0.25, 0.3) is 23.0 Å². The molecule has 0 bridgehead atoms. The van der Waals surface area contributed by atoms with Crippen molar-refractivity contribution in [3.63, 3.8) is 0 Å². The van der Waals surface area contributed by atoms with Crippen LogP contribution in [0.5, 0.6) is 5.75 Å². The van der Waals surface area contributed by atoms with E-state index in [9.17, 15) is 4.79 Å². The van der Waals surface area contributed by atoms with E-state index in [1.54, 1.807) is 19.3 Å². The van der Waals surface area contributed by atoms with Crippen LogP contribution in [0.1, 0.15) is 27.4 Å². The normalized spacial score (nSPS) is 11.4. The highest BCUT2D eigenvalue weighted by atomic mass is 16.5. The fourth-order valence-electron chi connectivity index (χ4n) is 3.55. The first-order valence-electron chi connectivity index (χ1n) is 10.4. The van der Waals surface area contributed by atoms with Gasteiger partial charge in [-0.15, -0.1) is 0 Å². The number of ether oxygens (including phenoxy) is 1. The molecule has 0 radical (unpaired) electrons. The second kappa shape index (κ2) is 9.78. The van der Waals surface area contributed by atoms with Crippen LogP contribution in [0, 0.1) is 13.8 Å². The Morgan fingerprint density at radius 2 is 1.88 bits per heavy atom. The van der Waals surface area contributed by atoms with Crippen molar-refractivity contribution in [1.29, 1.82) is 0 Å². The molecule has 0 aliphatic carbocycles. The van der Waals surface area contributed by atoms with Crippen LogP contribution in [-0.2, 0) is 0 Å². The Hall–Kier alpha value is -4.46. The van der Waals surface area contributed by atoms with Gasteiger partial charge in [0.2, 0.25) is 0 Å². The molecular formula is C25H24N6O2. The topological polar surface area (TPSA) is 97.2 Å². The minimum atomic E-state index is -0.388. The molecule has 0 atom stereocenters. The SMILES string of the molecule is COc1ccccc1/C=C/C=N/NC(=O)c1cc(-c2c(C)nn(-c3ccccc3)c2C)n[nH]1. The first-order valence-corrected chi connectivity index (χ1v) is 10.4. The summed E-state index contributed by atoms with van der Waals surface area (Å²) < 4.78 is 7.17. The first-order chi connectivity index (χ1) is 16.1. The van der Waals surface area contributed by atoms with Crippen LogP contribution in [0.3, 0.4) is 0 Å². The second-order valence-corrected chi connectivity index (χ2v) is 7.28. The van der Waals surface area contributed by atoms with Crippen LogP contribution in [0.4, 0.5) is 0 Å². The number of para-hydroxylation sites is 2. The number of hydrazone groups is 1. The number of nitrogens with zero attached hydrogens (tertiary/aromatic N) is 4. The lowest BCUT2D eigenvalue weighted by molar-refractivity contribution is 0.0950. The molecule has 4 aromatic rings. The van der Waals surface area contributed by atoms with Crippen molar-refractivity contribution in [2.45, 2.75) is 13.8 Å². The second-order valence-electron chi connectivity index (χ2n) is 7.28. The lowest BCUT2D eigenvalue weighted by atomic mass is 10.1. The molecule has 0 saturated carbocycles. The van der Waals surface area contributed by atoms with Gasteiger partial charge in [-0.05, 0) is 50.3 Å². The number of aromatic nitrogens is 4. The lowest BCUT2D eigenvalue weighted by Gasteiger charge is -2.04. The monoisotopic (exact) mass is 440 g/mol.